The lowest BCUT2D eigenvalue weighted by molar-refractivity contribution is 0.183. The summed E-state index contributed by atoms with van der Waals surface area (Å²) < 4.78 is 0. The van der Waals surface area contributed by atoms with Crippen molar-refractivity contribution >= 4 is 6.03 Å². The Kier molecular flexibility index (Phi) is 6.05. The maximum absolute atomic E-state index is 12.5. The lowest BCUT2D eigenvalue weighted by Gasteiger charge is -2.26. The van der Waals surface area contributed by atoms with Gasteiger partial charge in [-0.15, -0.1) is 0 Å². The number of rotatable bonds is 5. The van der Waals surface area contributed by atoms with E-state index in [9.17, 15) is 4.79 Å². The van der Waals surface area contributed by atoms with E-state index >= 15 is 0 Å². The van der Waals surface area contributed by atoms with Crippen molar-refractivity contribution in [2.24, 2.45) is 5.92 Å². The first-order chi connectivity index (χ1) is 10.6. The molecule has 120 valence electrons. The van der Waals surface area contributed by atoms with E-state index in [1.807, 2.05) is 29.3 Å². The van der Waals surface area contributed by atoms with Gasteiger partial charge in [0.1, 0.15) is 0 Å². The third kappa shape index (κ3) is 4.62. The van der Waals surface area contributed by atoms with Crippen LogP contribution in [0.5, 0.6) is 0 Å². The summed E-state index contributed by atoms with van der Waals surface area (Å²) in [5.74, 6) is 0.655. The van der Waals surface area contributed by atoms with Gasteiger partial charge in [0.25, 0.3) is 0 Å². The van der Waals surface area contributed by atoms with E-state index in [0.29, 0.717) is 12.5 Å². The summed E-state index contributed by atoms with van der Waals surface area (Å²) in [6.07, 6.45) is 7.07. The van der Waals surface area contributed by atoms with Crippen molar-refractivity contribution < 1.29 is 4.79 Å². The van der Waals surface area contributed by atoms with Crippen LogP contribution in [0.25, 0.3) is 0 Å². The quantitative estimate of drug-likeness (QED) is 0.840. The summed E-state index contributed by atoms with van der Waals surface area (Å²) >= 11 is 0. The number of nitrogens with zero attached hydrogens (tertiary/aromatic N) is 1. The Balaban J connectivity index is 1.96. The third-order valence-corrected chi connectivity index (χ3v) is 4.50. The molecule has 1 fully saturated rings. The number of allylic oxidation sites excluding steroid dienone is 1. The van der Waals surface area contributed by atoms with Gasteiger partial charge in [-0.05, 0) is 45.1 Å². The van der Waals surface area contributed by atoms with Gasteiger partial charge in [-0.3, -0.25) is 0 Å². The van der Waals surface area contributed by atoms with Crippen molar-refractivity contribution in [1.82, 2.24) is 10.2 Å². The van der Waals surface area contributed by atoms with Crippen LogP contribution >= 0.6 is 0 Å². The number of nitrogens with one attached hydrogen (secondary N) is 1. The lowest BCUT2D eigenvalue weighted by atomic mass is 10.0. The van der Waals surface area contributed by atoms with Gasteiger partial charge < -0.3 is 10.2 Å². The number of hydrogen-bond acceptors (Lipinski definition) is 1. The molecule has 0 heterocycles. The molecule has 0 aromatic heterocycles. The number of urea groups is 1. The first-order valence-electron chi connectivity index (χ1n) is 8.35. The molecule has 1 aliphatic carbocycles. The minimum atomic E-state index is -0.0174. The molecular formula is C19H28N2O. The van der Waals surface area contributed by atoms with Crippen LogP contribution in [0, 0.1) is 5.92 Å². The second-order valence-electron chi connectivity index (χ2n) is 6.53. The number of benzene rings is 1. The fourth-order valence-corrected chi connectivity index (χ4v) is 3.03. The normalized spacial score (nSPS) is 16.1. The number of amides is 2. The van der Waals surface area contributed by atoms with Gasteiger partial charge in [0.2, 0.25) is 0 Å². The van der Waals surface area contributed by atoms with E-state index in [4.69, 9.17) is 0 Å². The van der Waals surface area contributed by atoms with Crippen molar-refractivity contribution in [2.75, 3.05) is 0 Å². The molecule has 2 rings (SSSR count). The smallest absolute Gasteiger partial charge is 0.318 e. The lowest BCUT2D eigenvalue weighted by Crippen LogP contribution is -2.41. The van der Waals surface area contributed by atoms with Crippen molar-refractivity contribution in [2.45, 2.75) is 59.0 Å². The zero-order chi connectivity index (χ0) is 15.9. The maximum atomic E-state index is 12.5. The maximum Gasteiger partial charge on any atom is 0.321 e. The first kappa shape index (κ1) is 16.6. The minimum absolute atomic E-state index is 0.0174. The molecule has 22 heavy (non-hydrogen) atoms. The molecule has 3 heteroatoms. The molecule has 2 amide bonds. The Morgan fingerprint density at radius 2 is 1.91 bits per heavy atom. The fourth-order valence-electron chi connectivity index (χ4n) is 3.03. The Hall–Kier alpha value is -1.77. The molecule has 0 saturated heterocycles. The summed E-state index contributed by atoms with van der Waals surface area (Å²) in [7, 11) is 0. The highest BCUT2D eigenvalue weighted by Gasteiger charge is 2.19. The van der Waals surface area contributed by atoms with E-state index in [-0.39, 0.29) is 12.1 Å². The molecule has 0 spiro atoms. The van der Waals surface area contributed by atoms with Gasteiger partial charge in [-0.25, -0.2) is 4.79 Å². The van der Waals surface area contributed by atoms with Gasteiger partial charge >= 0.3 is 6.03 Å². The van der Waals surface area contributed by atoms with Crippen LogP contribution in [0.4, 0.5) is 4.79 Å². The van der Waals surface area contributed by atoms with E-state index in [1.54, 1.807) is 0 Å². The topological polar surface area (TPSA) is 32.3 Å². The van der Waals surface area contributed by atoms with Gasteiger partial charge in [-0.2, -0.15) is 0 Å². The predicted octanol–water partition coefficient (Wildman–Crippen LogP) is 4.70. The van der Waals surface area contributed by atoms with Crippen molar-refractivity contribution in [3.8, 4) is 0 Å². The monoisotopic (exact) mass is 300 g/mol. The highest BCUT2D eigenvalue weighted by Crippen LogP contribution is 2.30. The standard InChI is InChI=1S/C19H28N2O/c1-15(2)21(14-17-9-5-4-6-10-17)19(22)20-13-16(3)18-11-7-8-12-18/h4-6,9-10,13,15,18H,7-8,11-12,14H2,1-3H3,(H,20,22)/b16-13+. The molecule has 0 atom stereocenters. The van der Waals surface area contributed by atoms with Gasteiger partial charge in [0.15, 0.2) is 0 Å². The van der Waals surface area contributed by atoms with Crippen molar-refractivity contribution in [3.63, 3.8) is 0 Å². The molecule has 1 aromatic carbocycles. The molecule has 0 aliphatic heterocycles. The summed E-state index contributed by atoms with van der Waals surface area (Å²) in [5, 5.41) is 2.99. The first-order valence-corrected chi connectivity index (χ1v) is 8.35. The SMILES string of the molecule is C/C(=C\NC(=O)N(Cc1ccccc1)C(C)C)C1CCCC1. The molecule has 0 unspecified atom stereocenters. The van der Waals surface area contributed by atoms with Crippen molar-refractivity contribution in [3.05, 3.63) is 47.7 Å². The largest absolute Gasteiger partial charge is 0.321 e. The van der Waals surface area contributed by atoms with Crippen LogP contribution in [0.2, 0.25) is 0 Å². The molecule has 3 nitrogen and oxygen atoms in total. The van der Waals surface area contributed by atoms with Crippen LogP contribution in [-0.2, 0) is 6.54 Å². The molecular weight excluding hydrogens is 272 g/mol. The number of hydrogen-bond donors (Lipinski definition) is 1. The molecule has 1 aromatic rings. The summed E-state index contributed by atoms with van der Waals surface area (Å²) in [6.45, 7) is 6.87. The molecule has 1 saturated carbocycles. The number of carbonyl (C=O) groups excluding carboxylic acids is 1. The average Bonchev–Trinajstić information content (AvgIpc) is 3.05. The summed E-state index contributed by atoms with van der Waals surface area (Å²) in [4.78, 5) is 14.3. The fraction of sp³-hybridized carbons (Fsp3) is 0.526. The van der Waals surface area contributed by atoms with E-state index in [0.717, 1.165) is 5.56 Å². The zero-order valence-electron chi connectivity index (χ0n) is 14.0. The molecule has 1 aliphatic rings. The Bertz CT molecular complexity index is 501. The van der Waals surface area contributed by atoms with Crippen LogP contribution in [0.1, 0.15) is 52.0 Å². The highest BCUT2D eigenvalue weighted by molar-refractivity contribution is 5.75. The predicted molar refractivity (Wildman–Crippen MR) is 91.4 cm³/mol. The Labute approximate surface area is 134 Å². The second-order valence-corrected chi connectivity index (χ2v) is 6.53. The summed E-state index contributed by atoms with van der Waals surface area (Å²) in [6, 6.07) is 10.3. The minimum Gasteiger partial charge on any atom is -0.318 e. The van der Waals surface area contributed by atoms with Crippen LogP contribution in [0.3, 0.4) is 0 Å². The Morgan fingerprint density at radius 1 is 1.27 bits per heavy atom. The Morgan fingerprint density at radius 3 is 2.50 bits per heavy atom. The van der Waals surface area contributed by atoms with Crippen LogP contribution < -0.4 is 5.32 Å². The van der Waals surface area contributed by atoms with E-state index < -0.39 is 0 Å². The van der Waals surface area contributed by atoms with Crippen LogP contribution in [-0.4, -0.2) is 17.0 Å². The second kappa shape index (κ2) is 8.02. The average molecular weight is 300 g/mol. The molecule has 0 radical (unpaired) electrons. The van der Waals surface area contributed by atoms with Gasteiger partial charge in [-0.1, -0.05) is 48.7 Å². The van der Waals surface area contributed by atoms with E-state index in [1.165, 1.54) is 31.3 Å². The number of carbonyl (C=O) groups is 1. The summed E-state index contributed by atoms with van der Waals surface area (Å²) in [5.41, 5.74) is 2.46. The van der Waals surface area contributed by atoms with Gasteiger partial charge in [0.05, 0.1) is 0 Å². The highest BCUT2D eigenvalue weighted by atomic mass is 16.2. The van der Waals surface area contributed by atoms with Gasteiger partial charge in [0, 0.05) is 18.8 Å². The molecule has 1 N–H and O–H groups in total. The van der Waals surface area contributed by atoms with Crippen LogP contribution in [0.15, 0.2) is 42.1 Å². The van der Waals surface area contributed by atoms with Crippen molar-refractivity contribution in [1.29, 1.82) is 0 Å². The third-order valence-electron chi connectivity index (χ3n) is 4.50. The molecule has 0 bridgehead atoms. The van der Waals surface area contributed by atoms with E-state index in [2.05, 4.69) is 38.2 Å². The zero-order valence-corrected chi connectivity index (χ0v) is 14.0.